The van der Waals surface area contributed by atoms with Crippen molar-refractivity contribution >= 4 is 22.7 Å². The second-order valence-corrected chi connectivity index (χ2v) is 15.0. The fourth-order valence-electron chi connectivity index (χ4n) is 9.74. The minimum absolute atomic E-state index is 0.0917. The molecule has 5 nitrogen and oxygen atoms in total. The predicted octanol–water partition coefficient (Wildman–Crippen LogP) is 7.74. The molecule has 0 saturated heterocycles. The monoisotopic (exact) mass is 605 g/mol. The molecule has 44 heavy (non-hydrogen) atoms. The highest BCUT2D eigenvalue weighted by atomic mass is 19.4. The molecule has 1 aromatic heterocycles. The lowest BCUT2D eigenvalue weighted by molar-refractivity contribution is -0.139. The molecule has 4 bridgehead atoms. The van der Waals surface area contributed by atoms with Gasteiger partial charge in [-0.3, -0.25) is 9.59 Å². The molecule has 2 atom stereocenters. The number of alkyl halides is 3. The SMILES string of the molecule is Cc1[nH]c2ccccc2c1[C@H]1[C@H](CC(=O)N(CC(=O)NC23CC4CC(CC(C4)C2)C3)Cc2ccc(C(F)(F)F)cc2)C1(C)C. The van der Waals surface area contributed by atoms with Crippen molar-refractivity contribution < 1.29 is 22.8 Å². The third-order valence-electron chi connectivity index (χ3n) is 11.5. The number of para-hydroxylation sites is 1. The minimum atomic E-state index is -4.43. The van der Waals surface area contributed by atoms with Gasteiger partial charge in [0, 0.05) is 35.1 Å². The quantitative estimate of drug-likeness (QED) is 0.276. The summed E-state index contributed by atoms with van der Waals surface area (Å²) in [5, 5.41) is 4.56. The van der Waals surface area contributed by atoms with Crippen LogP contribution in [0.2, 0.25) is 0 Å². The second kappa shape index (κ2) is 10.4. The number of nitrogens with one attached hydrogen (secondary N) is 2. The summed E-state index contributed by atoms with van der Waals surface area (Å²) in [6, 6.07) is 13.2. The van der Waals surface area contributed by atoms with Crippen LogP contribution in [0, 0.1) is 36.0 Å². The van der Waals surface area contributed by atoms with E-state index in [-0.39, 0.29) is 54.1 Å². The van der Waals surface area contributed by atoms with Crippen LogP contribution in [0.25, 0.3) is 10.9 Å². The van der Waals surface area contributed by atoms with Gasteiger partial charge in [0.2, 0.25) is 11.8 Å². The number of halogens is 3. The van der Waals surface area contributed by atoms with Crippen LogP contribution in [0.3, 0.4) is 0 Å². The number of amides is 2. The maximum atomic E-state index is 14.0. The minimum Gasteiger partial charge on any atom is -0.358 e. The first kappa shape index (κ1) is 29.4. The molecule has 0 aliphatic heterocycles. The largest absolute Gasteiger partial charge is 0.416 e. The predicted molar refractivity (Wildman–Crippen MR) is 164 cm³/mol. The van der Waals surface area contributed by atoms with Crippen molar-refractivity contribution in [1.29, 1.82) is 0 Å². The van der Waals surface area contributed by atoms with E-state index in [1.165, 1.54) is 42.3 Å². The third kappa shape index (κ3) is 5.32. The van der Waals surface area contributed by atoms with E-state index >= 15 is 0 Å². The van der Waals surface area contributed by atoms with Gasteiger partial charge in [-0.2, -0.15) is 13.2 Å². The zero-order valence-corrected chi connectivity index (χ0v) is 25.8. The molecule has 234 valence electrons. The number of fused-ring (bicyclic) bond motifs is 1. The van der Waals surface area contributed by atoms with Crippen molar-refractivity contribution in [3.8, 4) is 0 Å². The number of rotatable bonds is 8. The van der Waals surface area contributed by atoms with Crippen molar-refractivity contribution in [3.05, 3.63) is 70.9 Å². The van der Waals surface area contributed by atoms with E-state index in [0.29, 0.717) is 23.3 Å². The van der Waals surface area contributed by atoms with Crippen molar-refractivity contribution in [3.63, 3.8) is 0 Å². The van der Waals surface area contributed by atoms with Crippen LogP contribution in [-0.2, 0) is 22.3 Å². The van der Waals surface area contributed by atoms with Crippen molar-refractivity contribution in [2.75, 3.05) is 6.54 Å². The molecule has 2 amide bonds. The van der Waals surface area contributed by atoms with Gasteiger partial charge in [-0.1, -0.05) is 44.2 Å². The zero-order valence-electron chi connectivity index (χ0n) is 25.8. The molecule has 5 aliphatic carbocycles. The van der Waals surface area contributed by atoms with Crippen molar-refractivity contribution in [2.45, 2.75) is 89.9 Å². The summed E-state index contributed by atoms with van der Waals surface area (Å²) in [7, 11) is 0. The van der Waals surface area contributed by atoms with Gasteiger partial charge in [0.15, 0.2) is 0 Å². The number of carbonyl (C=O) groups excluding carboxylic acids is 2. The van der Waals surface area contributed by atoms with E-state index < -0.39 is 11.7 Å². The number of aromatic amines is 1. The Kier molecular flexibility index (Phi) is 6.94. The molecule has 8 heteroatoms. The molecular formula is C36H42F3N3O2. The molecular weight excluding hydrogens is 563 g/mol. The molecule has 5 aliphatic rings. The van der Waals surface area contributed by atoms with Gasteiger partial charge in [-0.25, -0.2) is 0 Å². The third-order valence-corrected chi connectivity index (χ3v) is 11.5. The number of aromatic nitrogens is 1. The standard InChI is InChI=1S/C36H42F3N3O2/c1-21-32(27-6-4-5-7-29(27)40-21)33-28(34(33,2)3)15-31(44)42(19-22-8-10-26(11-9-22)36(37,38)39)20-30(43)41-35-16-23-12-24(17-35)14-25(13-23)18-35/h4-11,23-25,28,33,40H,12-20H2,1-3H3,(H,41,43)/t23?,24?,25?,28-,33+,35?/m0/s1. The Bertz CT molecular complexity index is 1550. The van der Waals surface area contributed by atoms with Gasteiger partial charge >= 0.3 is 6.18 Å². The Hall–Kier alpha value is -3.29. The van der Waals surface area contributed by atoms with E-state index in [9.17, 15) is 22.8 Å². The smallest absolute Gasteiger partial charge is 0.358 e. The fraction of sp³-hybridized carbons (Fsp3) is 0.556. The molecule has 0 spiro atoms. The summed E-state index contributed by atoms with van der Waals surface area (Å²) in [5.41, 5.74) is 3.01. The Labute approximate surface area is 257 Å². The van der Waals surface area contributed by atoms with E-state index in [2.05, 4.69) is 43.2 Å². The van der Waals surface area contributed by atoms with Gasteiger partial charge in [0.1, 0.15) is 0 Å². The first-order valence-corrected chi connectivity index (χ1v) is 16.1. The molecule has 2 aromatic carbocycles. The van der Waals surface area contributed by atoms with E-state index in [0.717, 1.165) is 42.6 Å². The van der Waals surface area contributed by atoms with Crippen molar-refractivity contribution in [1.82, 2.24) is 15.2 Å². The van der Waals surface area contributed by atoms with E-state index in [4.69, 9.17) is 0 Å². The average molecular weight is 606 g/mol. The van der Waals surface area contributed by atoms with Gasteiger partial charge < -0.3 is 15.2 Å². The summed E-state index contributed by atoms with van der Waals surface area (Å²) in [6.07, 6.45) is 2.69. The maximum Gasteiger partial charge on any atom is 0.416 e. The first-order chi connectivity index (χ1) is 20.8. The van der Waals surface area contributed by atoms with Crippen LogP contribution in [0.1, 0.15) is 87.1 Å². The Morgan fingerprint density at radius 2 is 1.57 bits per heavy atom. The molecule has 0 unspecified atom stereocenters. The second-order valence-electron chi connectivity index (χ2n) is 15.0. The van der Waals surface area contributed by atoms with Crippen LogP contribution >= 0.6 is 0 Å². The molecule has 8 rings (SSSR count). The van der Waals surface area contributed by atoms with Gasteiger partial charge in [0.25, 0.3) is 0 Å². The lowest BCUT2D eigenvalue weighted by Crippen LogP contribution is -2.61. The number of H-pyrrole nitrogens is 1. The van der Waals surface area contributed by atoms with Crippen LogP contribution < -0.4 is 5.32 Å². The molecule has 0 radical (unpaired) electrons. The highest BCUT2D eigenvalue weighted by molar-refractivity contribution is 5.88. The zero-order chi connectivity index (χ0) is 31.0. The lowest BCUT2D eigenvalue weighted by Gasteiger charge is -2.57. The number of hydrogen-bond acceptors (Lipinski definition) is 2. The highest BCUT2D eigenvalue weighted by Gasteiger charge is 2.60. The summed E-state index contributed by atoms with van der Waals surface area (Å²) in [4.78, 5) is 32.7. The summed E-state index contributed by atoms with van der Waals surface area (Å²) in [5.74, 6) is 2.01. The summed E-state index contributed by atoms with van der Waals surface area (Å²) < 4.78 is 39.7. The topological polar surface area (TPSA) is 65.2 Å². The van der Waals surface area contributed by atoms with Crippen LogP contribution in [0.5, 0.6) is 0 Å². The number of carbonyl (C=O) groups is 2. The van der Waals surface area contributed by atoms with E-state index in [1.54, 1.807) is 4.90 Å². The molecule has 5 fully saturated rings. The average Bonchev–Trinajstić information content (AvgIpc) is 3.28. The Morgan fingerprint density at radius 3 is 2.18 bits per heavy atom. The summed E-state index contributed by atoms with van der Waals surface area (Å²) >= 11 is 0. The number of hydrogen-bond donors (Lipinski definition) is 2. The van der Waals surface area contributed by atoms with Gasteiger partial charge in [0.05, 0.1) is 12.1 Å². The number of benzene rings is 2. The Morgan fingerprint density at radius 1 is 0.955 bits per heavy atom. The fourth-order valence-corrected chi connectivity index (χ4v) is 9.74. The molecule has 5 saturated carbocycles. The van der Waals surface area contributed by atoms with Crippen molar-refractivity contribution in [2.24, 2.45) is 29.1 Å². The molecule has 2 N–H and O–H groups in total. The molecule has 3 aromatic rings. The first-order valence-electron chi connectivity index (χ1n) is 16.1. The number of nitrogens with zero attached hydrogens (tertiary/aromatic N) is 1. The van der Waals surface area contributed by atoms with Crippen LogP contribution in [0.15, 0.2) is 48.5 Å². The van der Waals surface area contributed by atoms with Gasteiger partial charge in [-0.15, -0.1) is 0 Å². The summed E-state index contributed by atoms with van der Waals surface area (Å²) in [6.45, 7) is 6.46. The van der Waals surface area contributed by atoms with Crippen LogP contribution in [-0.4, -0.2) is 33.8 Å². The van der Waals surface area contributed by atoms with E-state index in [1.807, 2.05) is 12.1 Å². The Balaban J connectivity index is 1.10. The normalized spacial score (nSPS) is 30.0. The number of aryl methyl sites for hydroxylation is 1. The lowest BCUT2D eigenvalue weighted by atomic mass is 9.53. The maximum absolute atomic E-state index is 14.0. The molecule has 1 heterocycles. The highest BCUT2D eigenvalue weighted by Crippen LogP contribution is 2.67. The van der Waals surface area contributed by atoms with Crippen LogP contribution in [0.4, 0.5) is 13.2 Å². The van der Waals surface area contributed by atoms with Gasteiger partial charge in [-0.05, 0) is 110 Å².